The van der Waals surface area contributed by atoms with Crippen LogP contribution in [0, 0.1) is 0 Å². The van der Waals surface area contributed by atoms with Gasteiger partial charge in [0.05, 0.1) is 36.0 Å². The van der Waals surface area contributed by atoms with Gasteiger partial charge in [0.25, 0.3) is 11.8 Å². The number of methoxy groups -OCH3 is 2. The van der Waals surface area contributed by atoms with Gasteiger partial charge in [0.15, 0.2) is 11.5 Å². The number of benzene rings is 3. The molecule has 0 radical (unpaired) electrons. The number of carbonyl (C=O) groups is 3. The van der Waals surface area contributed by atoms with Crippen LogP contribution in [0.2, 0.25) is 15.1 Å². The lowest BCUT2D eigenvalue weighted by atomic mass is 10.1. The summed E-state index contributed by atoms with van der Waals surface area (Å²) in [5.74, 6) is -0.701. The molecule has 0 saturated carbocycles. The van der Waals surface area contributed by atoms with Crippen molar-refractivity contribution in [3.05, 3.63) is 78.7 Å². The number of imide groups is 2. The lowest BCUT2D eigenvalue weighted by Gasteiger charge is -2.28. The standard InChI is InChI=1S/C28H22BrCl3N2O7/c1-4-40-24-9-14(8-18(29)25(24)41-13-15-5-6-16(30)10-19(15)31)7-17-26(35)33-28(37)34(27(17)36)21-12-22(38-2)20(32)11-23(21)39-3/h5-12H,4,13H2,1-3H3,(H,33,35,37)/b17-7+. The fourth-order valence-corrected chi connectivity index (χ4v) is 5.19. The molecule has 13 heteroatoms. The lowest BCUT2D eigenvalue weighted by Crippen LogP contribution is -2.54. The first-order valence-corrected chi connectivity index (χ1v) is 13.9. The second-order valence-electron chi connectivity index (χ2n) is 8.40. The first-order valence-electron chi connectivity index (χ1n) is 11.9. The zero-order chi connectivity index (χ0) is 29.8. The molecule has 3 aromatic rings. The first-order chi connectivity index (χ1) is 19.6. The van der Waals surface area contributed by atoms with Crippen molar-refractivity contribution in [2.24, 2.45) is 0 Å². The number of anilines is 1. The van der Waals surface area contributed by atoms with Crippen molar-refractivity contribution < 1.29 is 33.3 Å². The Morgan fingerprint density at radius 1 is 0.902 bits per heavy atom. The number of urea groups is 1. The maximum Gasteiger partial charge on any atom is 0.336 e. The normalized spacial score (nSPS) is 14.3. The third-order valence-electron chi connectivity index (χ3n) is 5.83. The third-order valence-corrected chi connectivity index (χ3v) is 7.30. The molecule has 1 N–H and O–H groups in total. The number of hydrogen-bond donors (Lipinski definition) is 1. The lowest BCUT2D eigenvalue weighted by molar-refractivity contribution is -0.122. The van der Waals surface area contributed by atoms with E-state index in [-0.39, 0.29) is 34.4 Å². The van der Waals surface area contributed by atoms with Crippen molar-refractivity contribution in [2.45, 2.75) is 13.5 Å². The summed E-state index contributed by atoms with van der Waals surface area (Å²) in [5.41, 5.74) is 0.859. The van der Waals surface area contributed by atoms with Gasteiger partial charge in [-0.2, -0.15) is 0 Å². The molecular weight excluding hydrogens is 663 g/mol. The average molecular weight is 685 g/mol. The van der Waals surface area contributed by atoms with Crippen molar-refractivity contribution >= 4 is 80.3 Å². The molecule has 0 spiro atoms. The average Bonchev–Trinajstić information content (AvgIpc) is 2.92. The molecule has 0 aromatic heterocycles. The zero-order valence-electron chi connectivity index (χ0n) is 21.8. The molecule has 0 aliphatic carbocycles. The fourth-order valence-electron chi connectivity index (χ4n) is 3.92. The number of ether oxygens (including phenoxy) is 4. The Bertz CT molecular complexity index is 1580. The number of rotatable bonds is 9. The predicted octanol–water partition coefficient (Wildman–Crippen LogP) is 7.07. The van der Waals surface area contributed by atoms with Crippen LogP contribution in [0.25, 0.3) is 6.08 Å². The van der Waals surface area contributed by atoms with E-state index in [0.29, 0.717) is 43.8 Å². The number of hydrogen-bond acceptors (Lipinski definition) is 7. The summed E-state index contributed by atoms with van der Waals surface area (Å²) in [6.45, 7) is 2.23. The number of carbonyl (C=O) groups excluding carboxylic acids is 3. The van der Waals surface area contributed by atoms with Crippen LogP contribution in [-0.2, 0) is 16.2 Å². The highest BCUT2D eigenvalue weighted by Gasteiger charge is 2.38. The number of nitrogens with one attached hydrogen (secondary N) is 1. The summed E-state index contributed by atoms with van der Waals surface area (Å²) in [5, 5.41) is 3.34. The predicted molar refractivity (Wildman–Crippen MR) is 160 cm³/mol. The number of barbiturate groups is 1. The van der Waals surface area contributed by atoms with Crippen LogP contribution in [0.1, 0.15) is 18.1 Å². The van der Waals surface area contributed by atoms with Crippen molar-refractivity contribution in [1.29, 1.82) is 0 Å². The molecule has 1 saturated heterocycles. The van der Waals surface area contributed by atoms with E-state index in [4.69, 9.17) is 53.8 Å². The van der Waals surface area contributed by atoms with Crippen molar-refractivity contribution in [1.82, 2.24) is 5.32 Å². The molecule has 0 bridgehead atoms. The monoisotopic (exact) mass is 682 g/mol. The minimum absolute atomic E-state index is 0.0374. The molecule has 0 atom stereocenters. The minimum Gasteiger partial charge on any atom is -0.495 e. The Morgan fingerprint density at radius 2 is 1.63 bits per heavy atom. The van der Waals surface area contributed by atoms with E-state index in [1.54, 1.807) is 37.3 Å². The highest BCUT2D eigenvalue weighted by atomic mass is 79.9. The van der Waals surface area contributed by atoms with Gasteiger partial charge in [-0.15, -0.1) is 0 Å². The molecule has 1 fully saturated rings. The van der Waals surface area contributed by atoms with E-state index < -0.39 is 17.8 Å². The largest absolute Gasteiger partial charge is 0.495 e. The third kappa shape index (κ3) is 6.56. The molecule has 1 aliphatic heterocycles. The molecule has 4 amide bonds. The van der Waals surface area contributed by atoms with Crippen LogP contribution < -0.4 is 29.2 Å². The zero-order valence-corrected chi connectivity index (χ0v) is 25.7. The van der Waals surface area contributed by atoms with E-state index in [1.165, 1.54) is 32.4 Å². The summed E-state index contributed by atoms with van der Waals surface area (Å²) in [4.78, 5) is 39.9. The van der Waals surface area contributed by atoms with Crippen LogP contribution in [0.4, 0.5) is 10.5 Å². The highest BCUT2D eigenvalue weighted by Crippen LogP contribution is 2.41. The molecule has 9 nitrogen and oxygen atoms in total. The van der Waals surface area contributed by atoms with E-state index >= 15 is 0 Å². The number of amides is 4. The maximum absolute atomic E-state index is 13.5. The number of nitrogens with zero attached hydrogens (tertiary/aromatic N) is 1. The van der Waals surface area contributed by atoms with Gasteiger partial charge in [-0.3, -0.25) is 14.9 Å². The van der Waals surface area contributed by atoms with Crippen LogP contribution in [-0.4, -0.2) is 38.7 Å². The van der Waals surface area contributed by atoms with Crippen LogP contribution in [0.3, 0.4) is 0 Å². The Balaban J connectivity index is 1.71. The Morgan fingerprint density at radius 3 is 2.29 bits per heavy atom. The van der Waals surface area contributed by atoms with Gasteiger partial charge < -0.3 is 18.9 Å². The molecule has 4 rings (SSSR count). The molecule has 214 valence electrons. The number of halogens is 4. The summed E-state index contributed by atoms with van der Waals surface area (Å²) < 4.78 is 22.8. The quantitative estimate of drug-likeness (QED) is 0.190. The van der Waals surface area contributed by atoms with Gasteiger partial charge in [-0.1, -0.05) is 40.9 Å². The molecular formula is C28H22BrCl3N2O7. The van der Waals surface area contributed by atoms with Crippen LogP contribution in [0.5, 0.6) is 23.0 Å². The smallest absolute Gasteiger partial charge is 0.336 e. The summed E-state index contributed by atoms with van der Waals surface area (Å²) in [6, 6.07) is 10.1. The van der Waals surface area contributed by atoms with E-state index in [0.717, 1.165) is 4.90 Å². The molecule has 3 aromatic carbocycles. The van der Waals surface area contributed by atoms with Gasteiger partial charge in [0.1, 0.15) is 23.7 Å². The van der Waals surface area contributed by atoms with Crippen LogP contribution in [0.15, 0.2) is 52.5 Å². The van der Waals surface area contributed by atoms with Crippen molar-refractivity contribution in [2.75, 3.05) is 25.7 Å². The molecule has 1 heterocycles. The van der Waals surface area contributed by atoms with Crippen LogP contribution >= 0.6 is 50.7 Å². The van der Waals surface area contributed by atoms with E-state index in [1.807, 2.05) is 0 Å². The Hall–Kier alpha value is -3.44. The van der Waals surface area contributed by atoms with Gasteiger partial charge >= 0.3 is 6.03 Å². The second kappa shape index (κ2) is 13.0. The maximum atomic E-state index is 13.5. The Labute approximate surface area is 259 Å². The van der Waals surface area contributed by atoms with Gasteiger partial charge in [0, 0.05) is 27.7 Å². The summed E-state index contributed by atoms with van der Waals surface area (Å²) in [7, 11) is 2.74. The summed E-state index contributed by atoms with van der Waals surface area (Å²) >= 11 is 21.9. The highest BCUT2D eigenvalue weighted by molar-refractivity contribution is 9.10. The van der Waals surface area contributed by atoms with Gasteiger partial charge in [0.2, 0.25) is 0 Å². The first kappa shape index (κ1) is 30.5. The second-order valence-corrected chi connectivity index (χ2v) is 10.5. The van der Waals surface area contributed by atoms with Crippen molar-refractivity contribution in [3.63, 3.8) is 0 Å². The van der Waals surface area contributed by atoms with E-state index in [9.17, 15) is 14.4 Å². The fraction of sp³-hybridized carbons (Fsp3) is 0.179. The molecule has 1 aliphatic rings. The topological polar surface area (TPSA) is 103 Å². The van der Waals surface area contributed by atoms with Gasteiger partial charge in [-0.25, -0.2) is 9.69 Å². The van der Waals surface area contributed by atoms with Gasteiger partial charge in [-0.05, 0) is 58.8 Å². The molecule has 0 unspecified atom stereocenters. The molecule has 41 heavy (non-hydrogen) atoms. The van der Waals surface area contributed by atoms with E-state index in [2.05, 4.69) is 21.2 Å². The minimum atomic E-state index is -0.958. The SMILES string of the molecule is CCOc1cc(/C=C2\C(=O)NC(=O)N(c3cc(OC)c(Cl)cc3OC)C2=O)cc(Br)c1OCc1ccc(Cl)cc1Cl. The summed E-state index contributed by atoms with van der Waals surface area (Å²) in [6.07, 6.45) is 1.34. The van der Waals surface area contributed by atoms with Crippen molar-refractivity contribution in [3.8, 4) is 23.0 Å². The Kier molecular flexibility index (Phi) is 9.70.